The number of carboxylic acid groups (broad SMARTS) is 1. The van der Waals surface area contributed by atoms with Crippen LogP contribution in [0.1, 0.15) is 32.0 Å². The molecule has 25 heavy (non-hydrogen) atoms. The first-order valence-electron chi connectivity index (χ1n) is 8.13. The van der Waals surface area contributed by atoms with E-state index < -0.39 is 11.9 Å². The van der Waals surface area contributed by atoms with Crippen molar-refractivity contribution in [2.45, 2.75) is 27.7 Å². The highest BCUT2D eigenvalue weighted by molar-refractivity contribution is 6.11. The molecule has 0 fully saturated rings. The van der Waals surface area contributed by atoms with E-state index in [1.807, 2.05) is 42.8 Å². The van der Waals surface area contributed by atoms with Crippen molar-refractivity contribution in [3.8, 4) is 0 Å². The van der Waals surface area contributed by atoms with Crippen molar-refractivity contribution >= 4 is 28.9 Å². The van der Waals surface area contributed by atoms with Gasteiger partial charge >= 0.3 is 11.9 Å². The van der Waals surface area contributed by atoms with Gasteiger partial charge in [0.1, 0.15) is 0 Å². The molecule has 2 rings (SSSR count). The Kier molecular flexibility index (Phi) is 5.47. The number of aliphatic carboxylic acids is 1. The highest BCUT2D eigenvalue weighted by Crippen LogP contribution is 2.29. The highest BCUT2D eigenvalue weighted by Gasteiger charge is 2.24. The molecule has 2 aromatic rings. The summed E-state index contributed by atoms with van der Waals surface area (Å²) in [6.45, 7) is 7.23. The van der Waals surface area contributed by atoms with E-state index in [0.717, 1.165) is 22.2 Å². The second kappa shape index (κ2) is 7.38. The number of carbonyl (C=O) groups is 2. The molecule has 0 amide bonds. The van der Waals surface area contributed by atoms with Gasteiger partial charge in [0.05, 0.1) is 17.8 Å². The molecule has 1 heterocycles. The molecule has 1 aromatic carbocycles. The lowest BCUT2D eigenvalue weighted by atomic mass is 9.98. The molecular weight excluding hydrogens is 318 g/mol. The molecule has 0 aliphatic heterocycles. The first kappa shape index (κ1) is 18.5. The Morgan fingerprint density at radius 3 is 2.44 bits per heavy atom. The number of carboxylic acids is 1. The fraction of sp³-hybridized carbons (Fsp3) is 0.300. The number of hydrogen-bond acceptors (Lipinski definition) is 3. The third-order valence-electron chi connectivity index (χ3n) is 4.22. The van der Waals surface area contributed by atoms with Crippen molar-refractivity contribution in [1.82, 2.24) is 4.57 Å². The summed E-state index contributed by atoms with van der Waals surface area (Å²) in [4.78, 5) is 24.2. The lowest BCUT2D eigenvalue weighted by Crippen LogP contribution is -2.16. The fourth-order valence-corrected chi connectivity index (χ4v) is 2.90. The number of rotatable bonds is 5. The number of fused-ring (bicyclic) bond motifs is 1. The first-order chi connectivity index (χ1) is 11.8. The van der Waals surface area contributed by atoms with Gasteiger partial charge in [-0.15, -0.1) is 0 Å². The summed E-state index contributed by atoms with van der Waals surface area (Å²) < 4.78 is 7.06. The predicted octanol–water partition coefficient (Wildman–Crippen LogP) is 3.85. The molecule has 0 radical (unpaired) electrons. The number of para-hydroxylation sites is 1. The summed E-state index contributed by atoms with van der Waals surface area (Å²) in [6, 6.07) is 7.77. The summed E-state index contributed by atoms with van der Waals surface area (Å²) in [5, 5.41) is 10.7. The number of carbonyl (C=O) groups excluding carboxylic acids is 1. The molecule has 0 bridgehead atoms. The minimum absolute atomic E-state index is 0.0575. The number of esters is 1. The van der Waals surface area contributed by atoms with Crippen molar-refractivity contribution in [2.75, 3.05) is 6.61 Å². The van der Waals surface area contributed by atoms with Crippen molar-refractivity contribution in [3.63, 3.8) is 0 Å². The quantitative estimate of drug-likeness (QED) is 0.509. The monoisotopic (exact) mass is 341 g/mol. The van der Waals surface area contributed by atoms with Crippen LogP contribution < -0.4 is 0 Å². The summed E-state index contributed by atoms with van der Waals surface area (Å²) in [5.74, 6) is -1.77. The number of allylic oxidation sites excluding steroid dienone is 1. The zero-order valence-corrected chi connectivity index (χ0v) is 15.2. The number of ether oxygens (including phenoxy) is 1. The van der Waals surface area contributed by atoms with Crippen molar-refractivity contribution in [3.05, 3.63) is 52.2 Å². The van der Waals surface area contributed by atoms with E-state index in [1.165, 1.54) is 0 Å². The van der Waals surface area contributed by atoms with E-state index in [9.17, 15) is 14.7 Å². The third-order valence-corrected chi connectivity index (χ3v) is 4.22. The van der Waals surface area contributed by atoms with E-state index in [-0.39, 0.29) is 17.8 Å². The number of nitrogens with zero attached hydrogens (tertiary/aromatic N) is 1. The van der Waals surface area contributed by atoms with Crippen molar-refractivity contribution in [1.29, 1.82) is 0 Å². The van der Waals surface area contributed by atoms with Gasteiger partial charge in [0, 0.05) is 29.2 Å². The Bertz CT molecular complexity index is 896. The molecule has 5 nitrogen and oxygen atoms in total. The zero-order chi connectivity index (χ0) is 18.7. The summed E-state index contributed by atoms with van der Waals surface area (Å²) in [5.41, 5.74) is 3.37. The number of benzene rings is 1. The van der Waals surface area contributed by atoms with Crippen LogP contribution in [0.25, 0.3) is 17.0 Å². The molecule has 0 saturated carbocycles. The van der Waals surface area contributed by atoms with Crippen LogP contribution in [0.2, 0.25) is 0 Å². The van der Waals surface area contributed by atoms with Crippen molar-refractivity contribution in [2.24, 2.45) is 7.05 Å². The smallest absolute Gasteiger partial charge is 0.338 e. The topological polar surface area (TPSA) is 68.5 Å². The van der Waals surface area contributed by atoms with Crippen LogP contribution >= 0.6 is 0 Å². The van der Waals surface area contributed by atoms with Crippen LogP contribution in [0.5, 0.6) is 0 Å². The molecule has 5 heteroatoms. The maximum absolute atomic E-state index is 12.3. The maximum Gasteiger partial charge on any atom is 0.338 e. The second-order valence-corrected chi connectivity index (χ2v) is 6.03. The minimum Gasteiger partial charge on any atom is -0.478 e. The van der Waals surface area contributed by atoms with Crippen LogP contribution in [0.15, 0.2) is 41.0 Å². The van der Waals surface area contributed by atoms with Gasteiger partial charge in [-0.05, 0) is 39.8 Å². The molecule has 132 valence electrons. The fourth-order valence-electron chi connectivity index (χ4n) is 2.90. The highest BCUT2D eigenvalue weighted by atomic mass is 16.5. The number of aromatic nitrogens is 1. The van der Waals surface area contributed by atoms with E-state index in [1.54, 1.807) is 26.8 Å². The molecule has 1 aromatic heterocycles. The van der Waals surface area contributed by atoms with E-state index in [4.69, 9.17) is 4.74 Å². The van der Waals surface area contributed by atoms with Gasteiger partial charge in [0.15, 0.2) is 0 Å². The van der Waals surface area contributed by atoms with E-state index in [2.05, 4.69) is 0 Å². The minimum atomic E-state index is -1.16. The van der Waals surface area contributed by atoms with Gasteiger partial charge < -0.3 is 14.4 Å². The zero-order valence-electron chi connectivity index (χ0n) is 15.2. The molecule has 0 spiro atoms. The lowest BCUT2D eigenvalue weighted by molar-refractivity contribution is -0.140. The second-order valence-electron chi connectivity index (χ2n) is 6.03. The number of hydrogen-bond donors (Lipinski definition) is 1. The van der Waals surface area contributed by atoms with Gasteiger partial charge in [-0.3, -0.25) is 0 Å². The average Bonchev–Trinajstić information content (AvgIpc) is 2.79. The van der Waals surface area contributed by atoms with Gasteiger partial charge in [-0.1, -0.05) is 23.8 Å². The normalized spacial score (nSPS) is 11.5. The van der Waals surface area contributed by atoms with Crippen molar-refractivity contribution < 1.29 is 19.4 Å². The molecule has 1 N–H and O–H groups in total. The SMILES string of the molecule is CCOC(=O)C(=C(C)C)/C(=C/c1c(C)n(C)c2ccccc12)C(=O)O. The lowest BCUT2D eigenvalue weighted by Gasteiger charge is -2.10. The van der Waals surface area contributed by atoms with E-state index in [0.29, 0.717) is 5.57 Å². The first-order valence-corrected chi connectivity index (χ1v) is 8.13. The molecule has 0 atom stereocenters. The van der Waals surface area contributed by atoms with E-state index >= 15 is 0 Å². The Morgan fingerprint density at radius 1 is 1.24 bits per heavy atom. The Labute approximate surface area is 147 Å². The third kappa shape index (κ3) is 3.50. The van der Waals surface area contributed by atoms with Crippen LogP contribution in [0.3, 0.4) is 0 Å². The van der Waals surface area contributed by atoms with Gasteiger partial charge in [0.25, 0.3) is 0 Å². The van der Waals surface area contributed by atoms with Crippen LogP contribution in [0, 0.1) is 6.92 Å². The molecular formula is C20H23NO4. The molecule has 0 aliphatic carbocycles. The average molecular weight is 341 g/mol. The summed E-state index contributed by atoms with van der Waals surface area (Å²) in [7, 11) is 1.93. The maximum atomic E-state index is 12.3. The Morgan fingerprint density at radius 2 is 1.88 bits per heavy atom. The van der Waals surface area contributed by atoms with Gasteiger partial charge in [-0.2, -0.15) is 0 Å². The van der Waals surface area contributed by atoms with Crippen LogP contribution in [-0.4, -0.2) is 28.2 Å². The standard InChI is InChI=1S/C20H23NO4/c1-6-25-20(24)18(12(2)3)16(19(22)23)11-15-13(4)21(5)17-10-8-7-9-14(15)17/h7-11H,6H2,1-5H3,(H,22,23)/b16-11-. The number of aryl methyl sites for hydroxylation is 1. The molecule has 0 unspecified atom stereocenters. The summed E-state index contributed by atoms with van der Waals surface area (Å²) in [6.07, 6.45) is 1.57. The predicted molar refractivity (Wildman–Crippen MR) is 98.3 cm³/mol. The molecule has 0 aliphatic rings. The van der Waals surface area contributed by atoms with Crippen LogP contribution in [-0.2, 0) is 21.4 Å². The Balaban J connectivity index is 2.74. The summed E-state index contributed by atoms with van der Waals surface area (Å²) >= 11 is 0. The Hall–Kier alpha value is -2.82. The largest absolute Gasteiger partial charge is 0.478 e. The molecule has 0 saturated heterocycles. The van der Waals surface area contributed by atoms with Gasteiger partial charge in [0.2, 0.25) is 0 Å². The van der Waals surface area contributed by atoms with Crippen LogP contribution in [0.4, 0.5) is 0 Å². The van der Waals surface area contributed by atoms with Gasteiger partial charge in [-0.25, -0.2) is 9.59 Å².